The van der Waals surface area contributed by atoms with Crippen molar-refractivity contribution in [2.24, 2.45) is 5.92 Å². The second kappa shape index (κ2) is 4.72. The van der Waals surface area contributed by atoms with Crippen LogP contribution < -0.4 is 5.32 Å². The van der Waals surface area contributed by atoms with Crippen LogP contribution in [-0.4, -0.2) is 27.2 Å². The summed E-state index contributed by atoms with van der Waals surface area (Å²) >= 11 is 0. The molecule has 0 spiro atoms. The number of hydrogen-bond donors (Lipinski definition) is 2. The zero-order valence-corrected chi connectivity index (χ0v) is 10.4. The third kappa shape index (κ3) is 2.03. The fraction of sp³-hybridized carbons (Fsp3) is 0.692. The van der Waals surface area contributed by atoms with Crippen LogP contribution in [0.3, 0.4) is 0 Å². The van der Waals surface area contributed by atoms with Gasteiger partial charge in [0.2, 0.25) is 0 Å². The molecule has 1 aromatic heterocycles. The minimum Gasteiger partial charge on any atom is -0.481 e. The lowest BCUT2D eigenvalue weighted by Gasteiger charge is -2.29. The average molecular weight is 249 g/mol. The van der Waals surface area contributed by atoms with Crippen molar-refractivity contribution >= 4 is 5.97 Å². The summed E-state index contributed by atoms with van der Waals surface area (Å²) in [5, 5.41) is 12.4. The summed E-state index contributed by atoms with van der Waals surface area (Å²) in [5.74, 6) is -0.776. The Bertz CT molecular complexity index is 447. The number of carboxylic acid groups (broad SMARTS) is 1. The van der Waals surface area contributed by atoms with Crippen molar-refractivity contribution in [3.05, 3.63) is 17.7 Å². The second-order valence-corrected chi connectivity index (χ2v) is 5.32. The highest BCUT2D eigenvalue weighted by Gasteiger charge is 2.28. The number of fused-ring (bicyclic) bond motifs is 1. The van der Waals surface area contributed by atoms with E-state index in [0.29, 0.717) is 6.04 Å². The number of carboxylic acids is 1. The standard InChI is InChI=1S/C13H19N3O2/c17-13(18)9-1-3-10(4-2-9)16-8-15-11-5-6-14-7-12(11)16/h8-10,14H,1-7H2,(H,17,18). The molecule has 1 aliphatic heterocycles. The van der Waals surface area contributed by atoms with E-state index in [9.17, 15) is 4.79 Å². The van der Waals surface area contributed by atoms with Gasteiger partial charge in [0.25, 0.3) is 0 Å². The van der Waals surface area contributed by atoms with Crippen LogP contribution in [0, 0.1) is 5.92 Å². The third-order valence-corrected chi connectivity index (χ3v) is 4.25. The Morgan fingerprint density at radius 1 is 1.39 bits per heavy atom. The van der Waals surface area contributed by atoms with Gasteiger partial charge in [-0.3, -0.25) is 4.79 Å². The van der Waals surface area contributed by atoms with Crippen LogP contribution >= 0.6 is 0 Å². The predicted molar refractivity (Wildman–Crippen MR) is 66.3 cm³/mol. The molecule has 0 saturated heterocycles. The smallest absolute Gasteiger partial charge is 0.306 e. The van der Waals surface area contributed by atoms with Crippen molar-refractivity contribution in [2.75, 3.05) is 6.54 Å². The summed E-state index contributed by atoms with van der Waals surface area (Å²) in [4.78, 5) is 15.4. The fourth-order valence-electron chi connectivity index (χ4n) is 3.16. The first-order valence-corrected chi connectivity index (χ1v) is 6.74. The molecule has 3 rings (SSSR count). The molecule has 0 atom stereocenters. The normalized spacial score (nSPS) is 27.8. The average Bonchev–Trinajstić information content (AvgIpc) is 2.82. The Kier molecular flexibility index (Phi) is 3.07. The molecule has 2 heterocycles. The first-order chi connectivity index (χ1) is 8.75. The molecule has 0 amide bonds. The molecule has 2 N–H and O–H groups in total. The molecule has 0 unspecified atom stereocenters. The number of carbonyl (C=O) groups is 1. The molecular formula is C13H19N3O2. The van der Waals surface area contributed by atoms with E-state index in [1.807, 2.05) is 6.33 Å². The van der Waals surface area contributed by atoms with Gasteiger partial charge < -0.3 is 15.0 Å². The van der Waals surface area contributed by atoms with Crippen LogP contribution in [0.2, 0.25) is 0 Å². The van der Waals surface area contributed by atoms with E-state index in [0.717, 1.165) is 45.2 Å². The number of hydrogen-bond acceptors (Lipinski definition) is 3. The number of nitrogens with one attached hydrogen (secondary N) is 1. The minimum absolute atomic E-state index is 0.140. The summed E-state index contributed by atoms with van der Waals surface area (Å²) in [6, 6.07) is 0.441. The van der Waals surface area contributed by atoms with E-state index in [-0.39, 0.29) is 5.92 Å². The molecule has 0 aromatic carbocycles. The van der Waals surface area contributed by atoms with E-state index in [2.05, 4.69) is 14.9 Å². The maximum absolute atomic E-state index is 11.0. The minimum atomic E-state index is -0.636. The number of rotatable bonds is 2. The van der Waals surface area contributed by atoms with Crippen LogP contribution in [0.5, 0.6) is 0 Å². The Morgan fingerprint density at radius 3 is 2.89 bits per heavy atom. The van der Waals surface area contributed by atoms with Crippen molar-refractivity contribution in [3.8, 4) is 0 Å². The van der Waals surface area contributed by atoms with E-state index in [4.69, 9.17) is 5.11 Å². The van der Waals surface area contributed by atoms with Crippen molar-refractivity contribution in [2.45, 2.75) is 44.7 Å². The van der Waals surface area contributed by atoms with Crippen LogP contribution in [0.4, 0.5) is 0 Å². The van der Waals surface area contributed by atoms with Gasteiger partial charge in [-0.1, -0.05) is 0 Å². The van der Waals surface area contributed by atoms with Crippen LogP contribution in [0.25, 0.3) is 0 Å². The van der Waals surface area contributed by atoms with Crippen molar-refractivity contribution in [1.29, 1.82) is 0 Å². The highest BCUT2D eigenvalue weighted by molar-refractivity contribution is 5.70. The van der Waals surface area contributed by atoms with Gasteiger partial charge in [0.05, 0.1) is 23.6 Å². The number of imidazole rings is 1. The highest BCUT2D eigenvalue weighted by atomic mass is 16.4. The van der Waals surface area contributed by atoms with Gasteiger partial charge in [-0.15, -0.1) is 0 Å². The largest absolute Gasteiger partial charge is 0.481 e. The molecule has 98 valence electrons. The lowest BCUT2D eigenvalue weighted by atomic mass is 9.86. The number of nitrogens with zero attached hydrogens (tertiary/aromatic N) is 2. The highest BCUT2D eigenvalue weighted by Crippen LogP contribution is 2.33. The summed E-state index contributed by atoms with van der Waals surface area (Å²) in [6.45, 7) is 1.91. The summed E-state index contributed by atoms with van der Waals surface area (Å²) in [7, 11) is 0. The van der Waals surface area contributed by atoms with Gasteiger partial charge >= 0.3 is 5.97 Å². The Hall–Kier alpha value is -1.36. The SMILES string of the molecule is O=C(O)C1CCC(n2cnc3c2CNCC3)CC1. The van der Waals surface area contributed by atoms with E-state index in [1.54, 1.807) is 0 Å². The molecule has 5 heteroatoms. The first kappa shape index (κ1) is 11.7. The van der Waals surface area contributed by atoms with E-state index in [1.165, 1.54) is 11.4 Å². The summed E-state index contributed by atoms with van der Waals surface area (Å²) in [6.07, 6.45) is 6.45. The lowest BCUT2D eigenvalue weighted by Crippen LogP contribution is -2.28. The predicted octanol–water partition coefficient (Wildman–Crippen LogP) is 1.34. The van der Waals surface area contributed by atoms with E-state index < -0.39 is 5.97 Å². The molecule has 18 heavy (non-hydrogen) atoms. The van der Waals surface area contributed by atoms with Crippen LogP contribution in [0.15, 0.2) is 6.33 Å². The fourth-order valence-corrected chi connectivity index (χ4v) is 3.16. The Labute approximate surface area is 106 Å². The van der Waals surface area contributed by atoms with Gasteiger partial charge in [0.1, 0.15) is 0 Å². The molecule has 1 aromatic rings. The van der Waals surface area contributed by atoms with Crippen molar-refractivity contribution < 1.29 is 9.90 Å². The molecule has 1 saturated carbocycles. The molecule has 1 fully saturated rings. The number of aromatic nitrogens is 2. The van der Waals surface area contributed by atoms with Gasteiger partial charge in [-0.05, 0) is 25.7 Å². The summed E-state index contributed by atoms with van der Waals surface area (Å²) < 4.78 is 2.28. The third-order valence-electron chi connectivity index (χ3n) is 4.25. The molecule has 2 aliphatic rings. The first-order valence-electron chi connectivity index (χ1n) is 6.74. The Morgan fingerprint density at radius 2 is 2.17 bits per heavy atom. The van der Waals surface area contributed by atoms with Crippen LogP contribution in [0.1, 0.15) is 43.1 Å². The van der Waals surface area contributed by atoms with E-state index >= 15 is 0 Å². The molecule has 1 aliphatic carbocycles. The Balaban J connectivity index is 1.73. The van der Waals surface area contributed by atoms with Gasteiger partial charge in [-0.2, -0.15) is 0 Å². The van der Waals surface area contributed by atoms with Gasteiger partial charge in [0, 0.05) is 25.6 Å². The summed E-state index contributed by atoms with van der Waals surface area (Å²) in [5.41, 5.74) is 2.52. The zero-order valence-electron chi connectivity index (χ0n) is 10.4. The van der Waals surface area contributed by atoms with Crippen LogP contribution in [-0.2, 0) is 17.8 Å². The van der Waals surface area contributed by atoms with Crippen molar-refractivity contribution in [3.63, 3.8) is 0 Å². The molecule has 0 bridgehead atoms. The second-order valence-electron chi connectivity index (χ2n) is 5.32. The van der Waals surface area contributed by atoms with Crippen molar-refractivity contribution in [1.82, 2.24) is 14.9 Å². The topological polar surface area (TPSA) is 67.1 Å². The molecule has 0 radical (unpaired) electrons. The maximum Gasteiger partial charge on any atom is 0.306 e. The van der Waals surface area contributed by atoms with Gasteiger partial charge in [-0.25, -0.2) is 4.98 Å². The monoisotopic (exact) mass is 249 g/mol. The molecule has 5 nitrogen and oxygen atoms in total. The quantitative estimate of drug-likeness (QED) is 0.830. The molecular weight excluding hydrogens is 230 g/mol. The maximum atomic E-state index is 11.0. The number of aliphatic carboxylic acids is 1. The van der Waals surface area contributed by atoms with Gasteiger partial charge in [0.15, 0.2) is 0 Å². The zero-order chi connectivity index (χ0) is 12.5. The lowest BCUT2D eigenvalue weighted by molar-refractivity contribution is -0.143.